The van der Waals surface area contributed by atoms with E-state index in [9.17, 15) is 4.79 Å². The maximum Gasteiger partial charge on any atom is 0.330 e. The van der Waals surface area contributed by atoms with Crippen LogP contribution in [0.3, 0.4) is 0 Å². The second kappa shape index (κ2) is 4.29. The molecule has 1 aromatic rings. The third-order valence-electron chi connectivity index (χ3n) is 2.22. The number of nitrogens with two attached hydrogens (primary N) is 1. The van der Waals surface area contributed by atoms with Crippen molar-refractivity contribution in [3.8, 4) is 5.75 Å². The lowest BCUT2D eigenvalue weighted by Crippen LogP contribution is -2.48. The molecule has 1 aromatic carbocycles. The molecular weight excluding hydrogens is 198 g/mol. The largest absolute Gasteiger partial charge is 0.497 e. The number of aliphatic hydroxyl groups is 1. The summed E-state index contributed by atoms with van der Waals surface area (Å²) < 4.78 is 4.94. The van der Waals surface area contributed by atoms with Gasteiger partial charge in [0, 0.05) is 0 Å². The van der Waals surface area contributed by atoms with Gasteiger partial charge >= 0.3 is 5.97 Å². The van der Waals surface area contributed by atoms with Crippen LogP contribution in [-0.4, -0.2) is 29.9 Å². The first-order valence-corrected chi connectivity index (χ1v) is 4.32. The highest BCUT2D eigenvalue weighted by Crippen LogP contribution is 2.22. The Hall–Kier alpha value is -1.59. The number of methoxy groups -OCH3 is 1. The van der Waals surface area contributed by atoms with Crippen LogP contribution in [0.1, 0.15) is 5.56 Å². The summed E-state index contributed by atoms with van der Waals surface area (Å²) >= 11 is 0. The summed E-state index contributed by atoms with van der Waals surface area (Å²) in [7, 11) is 1.47. The van der Waals surface area contributed by atoms with E-state index in [0.29, 0.717) is 11.3 Å². The summed E-state index contributed by atoms with van der Waals surface area (Å²) in [6.45, 7) is -0.671. The summed E-state index contributed by atoms with van der Waals surface area (Å²) in [6.07, 6.45) is 0. The maximum atomic E-state index is 10.9. The van der Waals surface area contributed by atoms with Crippen LogP contribution in [0.15, 0.2) is 24.3 Å². The molecule has 0 fully saturated rings. The first-order chi connectivity index (χ1) is 7.04. The van der Waals surface area contributed by atoms with Crippen LogP contribution in [0.25, 0.3) is 0 Å². The number of carboxylic acids is 1. The quantitative estimate of drug-likeness (QED) is 0.648. The Bertz CT molecular complexity index is 366. The van der Waals surface area contributed by atoms with Gasteiger partial charge in [0.05, 0.1) is 13.7 Å². The van der Waals surface area contributed by atoms with E-state index in [2.05, 4.69) is 0 Å². The monoisotopic (exact) mass is 211 g/mol. The van der Waals surface area contributed by atoms with Gasteiger partial charge in [-0.25, -0.2) is 4.79 Å². The molecule has 0 saturated carbocycles. The molecule has 1 atom stereocenters. The van der Waals surface area contributed by atoms with Gasteiger partial charge in [-0.05, 0) is 17.7 Å². The van der Waals surface area contributed by atoms with Crippen LogP contribution >= 0.6 is 0 Å². The Kier molecular flexibility index (Phi) is 3.28. The van der Waals surface area contributed by atoms with E-state index < -0.39 is 18.1 Å². The molecular formula is C10H13NO4. The molecule has 0 spiro atoms. The predicted molar refractivity (Wildman–Crippen MR) is 53.6 cm³/mol. The van der Waals surface area contributed by atoms with Crippen molar-refractivity contribution in [1.29, 1.82) is 0 Å². The SMILES string of the molecule is COc1cccc(C(N)(CO)C(=O)O)c1. The molecule has 0 aliphatic carbocycles. The average Bonchev–Trinajstić information content (AvgIpc) is 2.27. The van der Waals surface area contributed by atoms with Crippen molar-refractivity contribution in [2.75, 3.05) is 13.7 Å². The van der Waals surface area contributed by atoms with Gasteiger partial charge in [0.2, 0.25) is 0 Å². The van der Waals surface area contributed by atoms with Gasteiger partial charge in [0.1, 0.15) is 5.75 Å². The standard InChI is InChI=1S/C10H13NO4/c1-15-8-4-2-3-7(5-8)10(11,6-12)9(13)14/h2-5,12H,6,11H2,1H3,(H,13,14). The zero-order valence-corrected chi connectivity index (χ0v) is 8.30. The minimum absolute atomic E-state index is 0.303. The van der Waals surface area contributed by atoms with Gasteiger partial charge in [-0.1, -0.05) is 12.1 Å². The van der Waals surface area contributed by atoms with Crippen molar-refractivity contribution in [3.05, 3.63) is 29.8 Å². The second-order valence-corrected chi connectivity index (χ2v) is 3.17. The number of carboxylic acid groups (broad SMARTS) is 1. The average molecular weight is 211 g/mol. The second-order valence-electron chi connectivity index (χ2n) is 3.17. The molecule has 5 nitrogen and oxygen atoms in total. The van der Waals surface area contributed by atoms with Gasteiger partial charge in [-0.3, -0.25) is 0 Å². The fraction of sp³-hybridized carbons (Fsp3) is 0.300. The van der Waals surface area contributed by atoms with Gasteiger partial charge in [-0.2, -0.15) is 0 Å². The topological polar surface area (TPSA) is 92.8 Å². The zero-order valence-electron chi connectivity index (χ0n) is 8.30. The number of benzene rings is 1. The van der Waals surface area contributed by atoms with Crippen LogP contribution in [0, 0.1) is 0 Å². The van der Waals surface area contributed by atoms with Crippen LogP contribution in [-0.2, 0) is 10.3 Å². The maximum absolute atomic E-state index is 10.9. The fourth-order valence-corrected chi connectivity index (χ4v) is 1.18. The fourth-order valence-electron chi connectivity index (χ4n) is 1.18. The normalized spacial score (nSPS) is 14.3. The lowest BCUT2D eigenvalue weighted by Gasteiger charge is -2.22. The first-order valence-electron chi connectivity index (χ1n) is 4.32. The highest BCUT2D eigenvalue weighted by Gasteiger charge is 2.35. The summed E-state index contributed by atoms with van der Waals surface area (Å²) in [5.41, 5.74) is 4.10. The molecule has 0 aliphatic heterocycles. The highest BCUT2D eigenvalue weighted by molar-refractivity contribution is 5.80. The third-order valence-corrected chi connectivity index (χ3v) is 2.22. The van der Waals surface area contributed by atoms with Crippen molar-refractivity contribution in [2.45, 2.75) is 5.54 Å². The molecule has 0 aromatic heterocycles. The minimum atomic E-state index is -1.78. The molecule has 5 heteroatoms. The van der Waals surface area contributed by atoms with E-state index in [0.717, 1.165) is 0 Å². The Balaban J connectivity index is 3.18. The first kappa shape index (κ1) is 11.5. The number of carbonyl (C=O) groups is 1. The minimum Gasteiger partial charge on any atom is -0.497 e. The Morgan fingerprint density at radius 3 is 2.73 bits per heavy atom. The molecule has 0 heterocycles. The lowest BCUT2D eigenvalue weighted by molar-refractivity contribution is -0.145. The molecule has 15 heavy (non-hydrogen) atoms. The van der Waals surface area contributed by atoms with Crippen LogP contribution in [0.5, 0.6) is 5.75 Å². The molecule has 1 unspecified atom stereocenters. The van der Waals surface area contributed by atoms with E-state index in [1.54, 1.807) is 12.1 Å². The van der Waals surface area contributed by atoms with E-state index in [1.165, 1.54) is 19.2 Å². The summed E-state index contributed by atoms with van der Waals surface area (Å²) in [6, 6.07) is 6.31. The lowest BCUT2D eigenvalue weighted by atomic mass is 9.92. The Morgan fingerprint density at radius 2 is 2.27 bits per heavy atom. The van der Waals surface area contributed by atoms with E-state index in [4.69, 9.17) is 20.7 Å². The van der Waals surface area contributed by atoms with Crippen molar-refractivity contribution in [3.63, 3.8) is 0 Å². The van der Waals surface area contributed by atoms with Crippen LogP contribution in [0.4, 0.5) is 0 Å². The third kappa shape index (κ3) is 2.08. The summed E-state index contributed by atoms with van der Waals surface area (Å²) in [4.78, 5) is 10.9. The number of ether oxygens (including phenoxy) is 1. The van der Waals surface area contributed by atoms with Gasteiger partial charge in [-0.15, -0.1) is 0 Å². The smallest absolute Gasteiger partial charge is 0.330 e. The van der Waals surface area contributed by atoms with Gasteiger partial charge < -0.3 is 20.7 Å². The molecule has 0 aliphatic rings. The van der Waals surface area contributed by atoms with Crippen molar-refractivity contribution in [1.82, 2.24) is 0 Å². The Labute approximate surface area is 87.1 Å². The number of aliphatic hydroxyl groups excluding tert-OH is 1. The highest BCUT2D eigenvalue weighted by atomic mass is 16.5. The summed E-state index contributed by atoms with van der Waals surface area (Å²) in [5.74, 6) is -0.782. The van der Waals surface area contributed by atoms with E-state index in [-0.39, 0.29) is 0 Å². The van der Waals surface area contributed by atoms with Crippen LogP contribution < -0.4 is 10.5 Å². The van der Waals surface area contributed by atoms with Crippen molar-refractivity contribution >= 4 is 5.97 Å². The zero-order chi connectivity index (χ0) is 11.5. The van der Waals surface area contributed by atoms with E-state index >= 15 is 0 Å². The predicted octanol–water partition coefficient (Wildman–Crippen LogP) is -0.0739. The molecule has 0 saturated heterocycles. The van der Waals surface area contributed by atoms with Gasteiger partial charge in [0.15, 0.2) is 5.54 Å². The Morgan fingerprint density at radius 1 is 1.60 bits per heavy atom. The number of aliphatic carboxylic acids is 1. The molecule has 0 amide bonds. The molecule has 4 N–H and O–H groups in total. The molecule has 82 valence electrons. The molecule has 0 bridgehead atoms. The molecule has 0 radical (unpaired) electrons. The number of hydrogen-bond acceptors (Lipinski definition) is 4. The van der Waals surface area contributed by atoms with E-state index in [1.807, 2.05) is 0 Å². The van der Waals surface area contributed by atoms with Crippen molar-refractivity contribution in [2.24, 2.45) is 5.73 Å². The van der Waals surface area contributed by atoms with Crippen molar-refractivity contribution < 1.29 is 19.7 Å². The number of rotatable bonds is 4. The van der Waals surface area contributed by atoms with Gasteiger partial charge in [0.25, 0.3) is 0 Å². The summed E-state index contributed by atoms with van der Waals surface area (Å²) in [5, 5.41) is 17.9. The van der Waals surface area contributed by atoms with Crippen LogP contribution in [0.2, 0.25) is 0 Å². The number of hydrogen-bond donors (Lipinski definition) is 3. The molecule has 1 rings (SSSR count).